The van der Waals surface area contributed by atoms with Gasteiger partial charge in [-0.1, -0.05) is 18.6 Å². The quantitative estimate of drug-likeness (QED) is 0.659. The van der Waals surface area contributed by atoms with E-state index in [4.69, 9.17) is 5.73 Å². The minimum Gasteiger partial charge on any atom is -0.383 e. The largest absolute Gasteiger partial charge is 0.383 e. The summed E-state index contributed by atoms with van der Waals surface area (Å²) in [5.74, 6) is 0.604. The summed E-state index contributed by atoms with van der Waals surface area (Å²) in [6, 6.07) is 10.5. The van der Waals surface area contributed by atoms with Crippen LogP contribution >= 0.6 is 11.3 Å². The summed E-state index contributed by atoms with van der Waals surface area (Å²) in [5.41, 5.74) is 9.88. The lowest BCUT2D eigenvalue weighted by Crippen LogP contribution is -2.37. The van der Waals surface area contributed by atoms with Crippen molar-refractivity contribution in [3.05, 3.63) is 46.2 Å². The third kappa shape index (κ3) is 3.88. The number of piperidine rings is 1. The summed E-state index contributed by atoms with van der Waals surface area (Å²) in [6.45, 7) is 5.94. The number of likely N-dealkylation sites (tertiary alicyclic amines) is 1. The molecule has 3 heterocycles. The molecule has 2 aliphatic heterocycles. The SMILES string of the molecule is NC(=Nc1ccc2c(c1)N(CCN1CCCCC1)CC2)c1cccs1. The van der Waals surface area contributed by atoms with Crippen LogP contribution in [0, 0.1) is 0 Å². The van der Waals surface area contributed by atoms with Crippen LogP contribution in [0.1, 0.15) is 29.7 Å². The van der Waals surface area contributed by atoms with Gasteiger partial charge < -0.3 is 15.5 Å². The summed E-state index contributed by atoms with van der Waals surface area (Å²) < 4.78 is 0. The van der Waals surface area contributed by atoms with E-state index in [-0.39, 0.29) is 0 Å². The zero-order chi connectivity index (χ0) is 17.1. The zero-order valence-corrected chi connectivity index (χ0v) is 15.5. The first-order chi connectivity index (χ1) is 12.3. The standard InChI is InChI=1S/C20H26N4S/c21-20(19-5-4-14-25-19)22-17-7-6-16-8-11-24(18(16)15-17)13-12-23-9-2-1-3-10-23/h4-7,14-15H,1-3,8-13H2,(H2,21,22). The van der Waals surface area contributed by atoms with Crippen LogP contribution in [0.4, 0.5) is 11.4 Å². The number of aliphatic imine (C=N–C) groups is 1. The molecule has 0 radical (unpaired) electrons. The monoisotopic (exact) mass is 354 g/mol. The van der Waals surface area contributed by atoms with E-state index in [2.05, 4.69) is 33.0 Å². The second kappa shape index (κ2) is 7.58. The van der Waals surface area contributed by atoms with Crippen molar-refractivity contribution in [2.45, 2.75) is 25.7 Å². The van der Waals surface area contributed by atoms with E-state index in [9.17, 15) is 0 Å². The minimum absolute atomic E-state index is 0.604. The van der Waals surface area contributed by atoms with Crippen molar-refractivity contribution in [3.8, 4) is 0 Å². The third-order valence-corrected chi connectivity index (χ3v) is 6.11. The maximum Gasteiger partial charge on any atom is 0.141 e. The molecule has 1 aromatic carbocycles. The Morgan fingerprint density at radius 3 is 2.76 bits per heavy atom. The molecular formula is C20H26N4S. The van der Waals surface area contributed by atoms with E-state index in [0.717, 1.165) is 30.1 Å². The summed E-state index contributed by atoms with van der Waals surface area (Å²) >= 11 is 1.63. The van der Waals surface area contributed by atoms with Crippen LogP contribution in [0.3, 0.4) is 0 Å². The average molecular weight is 355 g/mol. The van der Waals surface area contributed by atoms with Gasteiger partial charge in [0.15, 0.2) is 0 Å². The van der Waals surface area contributed by atoms with Gasteiger partial charge in [-0.05, 0) is 61.5 Å². The van der Waals surface area contributed by atoms with Gasteiger partial charge in [-0.25, -0.2) is 4.99 Å². The van der Waals surface area contributed by atoms with Gasteiger partial charge in [-0.2, -0.15) is 0 Å². The van der Waals surface area contributed by atoms with Gasteiger partial charge in [-0.3, -0.25) is 0 Å². The van der Waals surface area contributed by atoms with E-state index >= 15 is 0 Å². The summed E-state index contributed by atoms with van der Waals surface area (Å²) in [5, 5.41) is 2.03. The van der Waals surface area contributed by atoms with E-state index in [0.29, 0.717) is 5.84 Å². The molecule has 0 spiro atoms. The van der Waals surface area contributed by atoms with Crippen LogP contribution in [-0.4, -0.2) is 43.5 Å². The normalized spacial score (nSPS) is 18.6. The lowest BCUT2D eigenvalue weighted by molar-refractivity contribution is 0.233. The summed E-state index contributed by atoms with van der Waals surface area (Å²) in [4.78, 5) is 10.8. The predicted octanol–water partition coefficient (Wildman–Crippen LogP) is 3.63. The molecule has 1 aromatic heterocycles. The molecule has 0 atom stereocenters. The second-order valence-electron chi connectivity index (χ2n) is 6.93. The Hall–Kier alpha value is -1.85. The van der Waals surface area contributed by atoms with Crippen molar-refractivity contribution >= 4 is 28.5 Å². The van der Waals surface area contributed by atoms with Crippen LogP contribution in [-0.2, 0) is 6.42 Å². The molecule has 0 saturated carbocycles. The van der Waals surface area contributed by atoms with Crippen molar-refractivity contribution in [2.75, 3.05) is 37.6 Å². The Labute approximate surface area is 154 Å². The molecule has 5 heteroatoms. The highest BCUT2D eigenvalue weighted by atomic mass is 32.1. The first-order valence-corrected chi connectivity index (χ1v) is 10.2. The van der Waals surface area contributed by atoms with Gasteiger partial charge in [0.1, 0.15) is 5.84 Å². The van der Waals surface area contributed by atoms with Crippen LogP contribution in [0.25, 0.3) is 0 Å². The molecule has 1 saturated heterocycles. The molecule has 0 aliphatic carbocycles. The summed E-state index contributed by atoms with van der Waals surface area (Å²) in [7, 11) is 0. The van der Waals surface area contributed by atoms with Gasteiger partial charge in [0, 0.05) is 25.3 Å². The van der Waals surface area contributed by atoms with Crippen LogP contribution < -0.4 is 10.6 Å². The van der Waals surface area contributed by atoms with Gasteiger partial charge >= 0.3 is 0 Å². The molecule has 0 unspecified atom stereocenters. The van der Waals surface area contributed by atoms with Crippen LogP contribution in [0.2, 0.25) is 0 Å². The zero-order valence-electron chi connectivity index (χ0n) is 14.7. The Morgan fingerprint density at radius 1 is 1.08 bits per heavy atom. The number of hydrogen-bond acceptors (Lipinski definition) is 4. The van der Waals surface area contributed by atoms with Crippen LogP contribution in [0.5, 0.6) is 0 Å². The van der Waals surface area contributed by atoms with Crippen molar-refractivity contribution < 1.29 is 0 Å². The molecule has 25 heavy (non-hydrogen) atoms. The Kier molecular flexibility index (Phi) is 5.04. The fourth-order valence-corrected chi connectivity index (χ4v) is 4.43. The van der Waals surface area contributed by atoms with E-state index < -0.39 is 0 Å². The van der Waals surface area contributed by atoms with Crippen molar-refractivity contribution in [3.63, 3.8) is 0 Å². The van der Waals surface area contributed by atoms with Crippen molar-refractivity contribution in [2.24, 2.45) is 10.7 Å². The maximum absolute atomic E-state index is 6.15. The molecule has 0 amide bonds. The Balaban J connectivity index is 1.46. The van der Waals surface area contributed by atoms with Gasteiger partial charge in [0.05, 0.1) is 10.6 Å². The first-order valence-electron chi connectivity index (χ1n) is 9.28. The lowest BCUT2D eigenvalue weighted by atomic mass is 10.1. The number of benzene rings is 1. The lowest BCUT2D eigenvalue weighted by Gasteiger charge is -2.29. The fraction of sp³-hybridized carbons (Fsp3) is 0.450. The number of rotatable bonds is 5. The number of amidine groups is 1. The maximum atomic E-state index is 6.15. The summed E-state index contributed by atoms with van der Waals surface area (Å²) in [6.07, 6.45) is 5.25. The number of nitrogens with two attached hydrogens (primary N) is 1. The number of nitrogens with zero attached hydrogens (tertiary/aromatic N) is 3. The van der Waals surface area contributed by atoms with Gasteiger partial charge in [0.25, 0.3) is 0 Å². The fourth-order valence-electron chi connectivity index (χ4n) is 3.80. The Morgan fingerprint density at radius 2 is 1.96 bits per heavy atom. The van der Waals surface area contributed by atoms with Crippen LogP contribution in [0.15, 0.2) is 40.7 Å². The Bertz CT molecular complexity index is 732. The molecule has 132 valence electrons. The highest BCUT2D eigenvalue weighted by Gasteiger charge is 2.20. The molecule has 0 bridgehead atoms. The molecule has 4 rings (SSSR count). The highest BCUT2D eigenvalue weighted by Crippen LogP contribution is 2.32. The van der Waals surface area contributed by atoms with E-state index in [1.807, 2.05) is 17.5 Å². The first kappa shape index (κ1) is 16.6. The molecule has 2 aromatic rings. The molecular weight excluding hydrogens is 328 g/mol. The highest BCUT2D eigenvalue weighted by molar-refractivity contribution is 7.12. The molecule has 2 aliphatic rings. The molecule has 4 nitrogen and oxygen atoms in total. The number of thiophene rings is 1. The molecule has 2 N–H and O–H groups in total. The number of anilines is 1. The average Bonchev–Trinajstić information content (AvgIpc) is 3.31. The number of hydrogen-bond donors (Lipinski definition) is 1. The molecule has 1 fully saturated rings. The topological polar surface area (TPSA) is 44.9 Å². The van der Waals surface area contributed by atoms with Crippen molar-refractivity contribution in [1.29, 1.82) is 0 Å². The van der Waals surface area contributed by atoms with E-state index in [1.54, 1.807) is 11.3 Å². The van der Waals surface area contributed by atoms with Crippen molar-refractivity contribution in [1.82, 2.24) is 4.90 Å². The van der Waals surface area contributed by atoms with E-state index in [1.165, 1.54) is 50.1 Å². The smallest absolute Gasteiger partial charge is 0.141 e. The third-order valence-electron chi connectivity index (χ3n) is 5.22. The minimum atomic E-state index is 0.604. The van der Waals surface area contributed by atoms with Gasteiger partial charge in [-0.15, -0.1) is 11.3 Å². The second-order valence-corrected chi connectivity index (χ2v) is 7.87. The number of fused-ring (bicyclic) bond motifs is 1. The predicted molar refractivity (Wildman–Crippen MR) is 107 cm³/mol. The van der Waals surface area contributed by atoms with Gasteiger partial charge in [0.2, 0.25) is 0 Å².